The van der Waals surface area contributed by atoms with Crippen LogP contribution in [0.3, 0.4) is 0 Å². The van der Waals surface area contributed by atoms with Crippen LogP contribution in [0, 0.1) is 0 Å². The van der Waals surface area contributed by atoms with Crippen molar-refractivity contribution in [2.75, 3.05) is 0 Å². The molecular formula is C38H34Cl2F6SnZr-2. The maximum absolute atomic E-state index is 12.6. The number of aryl methyl sites for hydroxylation is 2. The van der Waals surface area contributed by atoms with Gasteiger partial charge < -0.3 is 0 Å². The van der Waals surface area contributed by atoms with Crippen LogP contribution in [0.4, 0.5) is 26.3 Å². The normalized spacial score (nSPS) is 11.5. The molecule has 0 unspecified atom stereocenters. The van der Waals surface area contributed by atoms with Crippen molar-refractivity contribution in [2.45, 2.75) is 48.9 Å². The van der Waals surface area contributed by atoms with Gasteiger partial charge in [0.2, 0.25) is 0 Å². The van der Waals surface area contributed by atoms with Gasteiger partial charge in [-0.05, 0) is 48.2 Å². The van der Waals surface area contributed by atoms with Gasteiger partial charge in [0.05, 0.1) is 11.1 Å². The van der Waals surface area contributed by atoms with Crippen LogP contribution in [0.2, 0.25) is 9.88 Å². The molecule has 0 heterocycles. The van der Waals surface area contributed by atoms with Crippen LogP contribution in [0.1, 0.15) is 36.1 Å². The van der Waals surface area contributed by atoms with Crippen LogP contribution in [0.5, 0.6) is 0 Å². The van der Waals surface area contributed by atoms with E-state index >= 15 is 0 Å². The molecule has 0 nitrogen and oxygen atoms in total. The fraction of sp³-hybridized carbons (Fsp3) is 0.211. The van der Waals surface area contributed by atoms with E-state index in [0.717, 1.165) is 80.9 Å². The Kier molecular flexibility index (Phi) is 13.5. The van der Waals surface area contributed by atoms with E-state index < -0.39 is 52.6 Å². The first-order valence-electron chi connectivity index (χ1n) is 15.3. The first-order valence-corrected chi connectivity index (χ1v) is 37.0. The third kappa shape index (κ3) is 10.0. The van der Waals surface area contributed by atoms with Gasteiger partial charge in [0.25, 0.3) is 0 Å². The summed E-state index contributed by atoms with van der Waals surface area (Å²) in [6.07, 6.45) is -6.69. The SMILES string of the molecule is CCc1cc2c(-c3ccc(C(F)(F)F)cc3)cccc2[cH-]1.CCc1cc2c(-c3ccc(C(F)(F)F)cc3)cccc2[cH-]1.[CH3][Sn]([CH3])=[Zr]([Cl])[Cl]. The molecule has 0 aliphatic heterocycles. The molecule has 0 aliphatic carbocycles. The summed E-state index contributed by atoms with van der Waals surface area (Å²) >= 11 is -2.53. The number of hydrogen-bond donors (Lipinski definition) is 0. The van der Waals surface area contributed by atoms with E-state index in [0.29, 0.717) is 0 Å². The molecule has 0 atom stereocenters. The summed E-state index contributed by atoms with van der Waals surface area (Å²) in [5.74, 6) is 0. The summed E-state index contributed by atoms with van der Waals surface area (Å²) in [5, 5.41) is 4.44. The van der Waals surface area contributed by atoms with Gasteiger partial charge in [0, 0.05) is 0 Å². The Hall–Kier alpha value is -2.06. The summed E-state index contributed by atoms with van der Waals surface area (Å²) < 4.78 is 75.7. The van der Waals surface area contributed by atoms with Gasteiger partial charge in [-0.25, -0.2) is 0 Å². The average molecular weight is 886 g/mol. The number of benzene rings is 4. The van der Waals surface area contributed by atoms with E-state index in [1.807, 2.05) is 36.4 Å². The second-order valence-electron chi connectivity index (χ2n) is 11.5. The van der Waals surface area contributed by atoms with Crippen molar-refractivity contribution in [1.82, 2.24) is 0 Å². The molecule has 0 aliphatic rings. The van der Waals surface area contributed by atoms with Crippen LogP contribution >= 0.6 is 17.0 Å². The van der Waals surface area contributed by atoms with Crippen molar-refractivity contribution >= 4 is 53.1 Å². The van der Waals surface area contributed by atoms with E-state index in [1.54, 1.807) is 0 Å². The Morgan fingerprint density at radius 2 is 0.917 bits per heavy atom. The monoisotopic (exact) mass is 884 g/mol. The van der Waals surface area contributed by atoms with E-state index in [2.05, 4.69) is 48.0 Å². The van der Waals surface area contributed by atoms with Gasteiger partial charge in [0.15, 0.2) is 0 Å². The van der Waals surface area contributed by atoms with Crippen molar-refractivity contribution in [3.63, 3.8) is 0 Å². The molecule has 0 N–H and O–H groups in total. The molecule has 0 saturated heterocycles. The molecule has 0 saturated carbocycles. The van der Waals surface area contributed by atoms with E-state index in [4.69, 9.17) is 17.0 Å². The van der Waals surface area contributed by atoms with Crippen molar-refractivity contribution in [3.8, 4) is 22.3 Å². The third-order valence-electron chi connectivity index (χ3n) is 7.86. The minimum absolute atomic E-state index is 0.616. The maximum atomic E-state index is 12.6. The molecule has 6 aromatic carbocycles. The topological polar surface area (TPSA) is 0 Å². The van der Waals surface area contributed by atoms with Crippen molar-refractivity contribution in [3.05, 3.63) is 131 Å². The van der Waals surface area contributed by atoms with Crippen LogP contribution in [-0.4, -0.2) is 14.6 Å². The quantitative estimate of drug-likeness (QED) is 0.0940. The fourth-order valence-corrected chi connectivity index (χ4v) is 5.18. The molecule has 0 spiro atoms. The summed E-state index contributed by atoms with van der Waals surface area (Å²) in [6.45, 7) is 4.18. The second kappa shape index (κ2) is 16.8. The van der Waals surface area contributed by atoms with Crippen LogP contribution in [-0.2, 0) is 39.7 Å². The molecule has 6 aromatic rings. The number of halogens is 8. The molecule has 0 bridgehead atoms. The Labute approximate surface area is 294 Å². The van der Waals surface area contributed by atoms with E-state index in [1.165, 1.54) is 35.4 Å². The number of hydrogen-bond acceptors (Lipinski definition) is 0. The Morgan fingerprint density at radius 1 is 0.583 bits per heavy atom. The fourth-order valence-electron chi connectivity index (χ4n) is 5.18. The Balaban J connectivity index is 0.000000186. The zero-order valence-corrected chi connectivity index (χ0v) is 33.7. The molecule has 0 amide bonds. The molecule has 6 rings (SSSR count). The molecular weight excluding hydrogens is 851 g/mol. The second-order valence-corrected chi connectivity index (χ2v) is 59.7. The van der Waals surface area contributed by atoms with E-state index in [-0.39, 0.29) is 0 Å². The van der Waals surface area contributed by atoms with Gasteiger partial charge in [0.1, 0.15) is 0 Å². The number of fused-ring (bicyclic) bond motifs is 2. The predicted molar refractivity (Wildman–Crippen MR) is 188 cm³/mol. The summed E-state index contributed by atoms with van der Waals surface area (Å²) in [5.41, 5.74) is 4.81. The standard InChI is InChI=1S/2C18H14F3.2CH3.2ClH.Sn.Zr/c2*1-2-12-10-14-4-3-5-16(17(14)11-12)13-6-8-15(9-7-13)18(19,20)21;;;;;;/h2*3-11H,2H2,1H3;2*1H3;2*1H;;/q2*-1;;;;;;+2/p-2. The molecule has 252 valence electrons. The summed E-state index contributed by atoms with van der Waals surface area (Å²) in [6, 6.07) is 31.0. The Bertz CT molecular complexity index is 1850. The summed E-state index contributed by atoms with van der Waals surface area (Å²) in [7, 11) is 11.3. The van der Waals surface area contributed by atoms with Crippen molar-refractivity contribution in [1.29, 1.82) is 0 Å². The predicted octanol–water partition coefficient (Wildman–Crippen LogP) is 13.8. The van der Waals surface area contributed by atoms with E-state index in [9.17, 15) is 26.3 Å². The van der Waals surface area contributed by atoms with Gasteiger partial charge in [-0.3, -0.25) is 0 Å². The first kappa shape index (κ1) is 38.7. The minimum atomic E-state index is -4.29. The van der Waals surface area contributed by atoms with Gasteiger partial charge in [-0.15, -0.1) is 69.1 Å². The zero-order valence-electron chi connectivity index (χ0n) is 26.8. The first-order chi connectivity index (χ1) is 22.6. The Morgan fingerprint density at radius 3 is 1.19 bits per heavy atom. The van der Waals surface area contributed by atoms with Gasteiger partial charge in [-0.2, -0.15) is 38.5 Å². The third-order valence-corrected chi connectivity index (χ3v) is 52.5. The van der Waals surface area contributed by atoms with Gasteiger partial charge >= 0.3 is 68.4 Å². The average Bonchev–Trinajstić information content (AvgIpc) is 3.69. The van der Waals surface area contributed by atoms with Crippen molar-refractivity contribution < 1.29 is 40.9 Å². The molecule has 48 heavy (non-hydrogen) atoms. The van der Waals surface area contributed by atoms with Gasteiger partial charge in [-0.1, -0.05) is 61.4 Å². The van der Waals surface area contributed by atoms with Crippen LogP contribution in [0.15, 0.2) is 109 Å². The molecule has 0 fully saturated rings. The molecule has 10 heteroatoms. The van der Waals surface area contributed by atoms with Crippen molar-refractivity contribution in [2.24, 2.45) is 0 Å². The number of rotatable bonds is 4. The number of alkyl halides is 6. The molecule has 0 radical (unpaired) electrons. The molecule has 0 aromatic heterocycles. The van der Waals surface area contributed by atoms with Crippen LogP contribution < -0.4 is 0 Å². The van der Waals surface area contributed by atoms with Crippen LogP contribution in [0.25, 0.3) is 43.8 Å². The summed E-state index contributed by atoms with van der Waals surface area (Å²) in [4.78, 5) is 4.52. The zero-order chi connectivity index (χ0) is 35.2.